The van der Waals surface area contributed by atoms with Gasteiger partial charge in [0.2, 0.25) is 0 Å². The third-order valence-corrected chi connectivity index (χ3v) is 1.91. The van der Waals surface area contributed by atoms with Crippen LogP contribution in [0.4, 0.5) is 0 Å². The lowest BCUT2D eigenvalue weighted by atomic mass is 10.2. The lowest BCUT2D eigenvalue weighted by molar-refractivity contribution is 0.224. The van der Waals surface area contributed by atoms with Crippen molar-refractivity contribution in [2.24, 2.45) is 0 Å². The van der Waals surface area contributed by atoms with Gasteiger partial charge in [-0.05, 0) is 24.3 Å². The minimum absolute atomic E-state index is 0.260. The molecule has 1 N–H and O–H groups in total. The highest BCUT2D eigenvalue weighted by Crippen LogP contribution is 2.12. The Balaban J connectivity index is 1.98. The van der Waals surface area contributed by atoms with Gasteiger partial charge in [0, 0.05) is 0 Å². The average molecular weight is 197 g/mol. The molecule has 1 radical (unpaired) electrons. The number of rotatable bonds is 2. The van der Waals surface area contributed by atoms with E-state index in [1.807, 2.05) is 36.4 Å². The van der Waals surface area contributed by atoms with Crippen molar-refractivity contribution in [1.29, 1.82) is 5.26 Å². The molecule has 15 heavy (non-hydrogen) atoms. The first kappa shape index (κ1) is 9.35. The maximum atomic E-state index is 8.59. The van der Waals surface area contributed by atoms with Crippen LogP contribution in [0.2, 0.25) is 0 Å². The summed E-state index contributed by atoms with van der Waals surface area (Å²) in [6.45, 7) is 0. The maximum absolute atomic E-state index is 8.59. The summed E-state index contributed by atoms with van der Waals surface area (Å²) in [7, 11) is 0. The first-order valence-electron chi connectivity index (χ1n) is 4.57. The quantitative estimate of drug-likeness (QED) is 0.785. The summed E-state index contributed by atoms with van der Waals surface area (Å²) in [5, 5.41) is 11.4. The van der Waals surface area contributed by atoms with Crippen LogP contribution in [0.3, 0.4) is 0 Å². The molecule has 1 aliphatic heterocycles. The standard InChI is InChI=1S/C12H9N2O/c13-8-10-6-7-12(14-9-10)15-11-4-2-1-3-5-11/h1-7,12,14H. The predicted molar refractivity (Wildman–Crippen MR) is 55.5 cm³/mol. The second-order valence-corrected chi connectivity index (χ2v) is 3.01. The minimum Gasteiger partial charge on any atom is -0.467 e. The lowest BCUT2D eigenvalue weighted by Gasteiger charge is -2.17. The molecule has 0 bridgehead atoms. The zero-order valence-electron chi connectivity index (χ0n) is 7.97. The minimum atomic E-state index is -0.260. The van der Waals surface area contributed by atoms with Crippen molar-refractivity contribution in [3.05, 3.63) is 54.3 Å². The molecular weight excluding hydrogens is 188 g/mol. The van der Waals surface area contributed by atoms with Crippen LogP contribution in [0.25, 0.3) is 0 Å². The van der Waals surface area contributed by atoms with Crippen molar-refractivity contribution >= 4 is 0 Å². The second kappa shape index (κ2) is 4.34. The molecule has 3 nitrogen and oxygen atoms in total. The second-order valence-electron chi connectivity index (χ2n) is 3.01. The number of benzene rings is 1. The third kappa shape index (κ3) is 2.38. The Bertz CT molecular complexity index is 429. The van der Waals surface area contributed by atoms with E-state index in [4.69, 9.17) is 10.00 Å². The van der Waals surface area contributed by atoms with Crippen LogP contribution in [-0.2, 0) is 0 Å². The Morgan fingerprint density at radius 3 is 2.73 bits per heavy atom. The normalized spacial score (nSPS) is 18.6. The zero-order valence-corrected chi connectivity index (χ0v) is 7.97. The Kier molecular flexibility index (Phi) is 2.70. The summed E-state index contributed by atoms with van der Waals surface area (Å²) < 4.78 is 5.56. The fourth-order valence-corrected chi connectivity index (χ4v) is 1.20. The van der Waals surface area contributed by atoms with Crippen LogP contribution in [0.15, 0.2) is 48.1 Å². The highest BCUT2D eigenvalue weighted by Gasteiger charge is 2.08. The Morgan fingerprint density at radius 2 is 2.13 bits per heavy atom. The molecule has 1 unspecified atom stereocenters. The van der Waals surface area contributed by atoms with Crippen LogP contribution in [0.5, 0.6) is 5.75 Å². The molecule has 1 aromatic carbocycles. The van der Waals surface area contributed by atoms with E-state index in [1.165, 1.54) is 0 Å². The fourth-order valence-electron chi connectivity index (χ4n) is 1.20. The van der Waals surface area contributed by atoms with Crippen LogP contribution < -0.4 is 10.1 Å². The van der Waals surface area contributed by atoms with Gasteiger partial charge in [0.25, 0.3) is 0 Å². The highest BCUT2D eigenvalue weighted by atomic mass is 16.5. The summed E-state index contributed by atoms with van der Waals surface area (Å²) in [4.78, 5) is 0. The van der Waals surface area contributed by atoms with Crippen molar-refractivity contribution in [2.75, 3.05) is 0 Å². The van der Waals surface area contributed by atoms with Crippen molar-refractivity contribution < 1.29 is 4.74 Å². The molecule has 0 spiro atoms. The molecule has 1 heterocycles. The topological polar surface area (TPSA) is 45.0 Å². The molecular formula is C12H9N2O. The summed E-state index contributed by atoms with van der Waals surface area (Å²) >= 11 is 0. The van der Waals surface area contributed by atoms with Gasteiger partial charge >= 0.3 is 0 Å². The van der Waals surface area contributed by atoms with E-state index in [2.05, 4.69) is 11.5 Å². The number of ether oxygens (including phenoxy) is 1. The number of para-hydroxylation sites is 1. The van der Waals surface area contributed by atoms with Gasteiger partial charge in [-0.15, -0.1) is 0 Å². The van der Waals surface area contributed by atoms with Crippen LogP contribution in [0.1, 0.15) is 0 Å². The molecule has 0 fully saturated rings. The first-order valence-corrected chi connectivity index (χ1v) is 4.57. The Labute approximate surface area is 88.3 Å². The van der Waals surface area contributed by atoms with E-state index in [1.54, 1.807) is 12.2 Å². The summed E-state index contributed by atoms with van der Waals surface area (Å²) in [5.74, 6) is 0.779. The lowest BCUT2D eigenvalue weighted by Crippen LogP contribution is -2.30. The smallest absolute Gasteiger partial charge is 0.189 e. The molecule has 1 aliphatic rings. The number of nitriles is 1. The molecule has 0 saturated carbocycles. The van der Waals surface area contributed by atoms with Crippen molar-refractivity contribution in [3.8, 4) is 11.8 Å². The zero-order chi connectivity index (χ0) is 10.5. The molecule has 1 atom stereocenters. The van der Waals surface area contributed by atoms with Gasteiger partial charge in [0.1, 0.15) is 11.8 Å². The molecule has 0 aliphatic carbocycles. The van der Waals surface area contributed by atoms with Crippen LogP contribution in [0, 0.1) is 17.5 Å². The van der Waals surface area contributed by atoms with Gasteiger partial charge in [-0.2, -0.15) is 5.26 Å². The Hall–Kier alpha value is -2.21. The predicted octanol–water partition coefficient (Wildman–Crippen LogP) is 1.76. The summed E-state index contributed by atoms with van der Waals surface area (Å²) in [6.07, 6.45) is 5.94. The van der Waals surface area contributed by atoms with E-state index in [0.29, 0.717) is 5.57 Å². The van der Waals surface area contributed by atoms with Gasteiger partial charge in [-0.3, -0.25) is 0 Å². The maximum Gasteiger partial charge on any atom is 0.189 e. The summed E-state index contributed by atoms with van der Waals surface area (Å²) in [5.41, 5.74) is 0.475. The number of nitrogens with one attached hydrogen (secondary N) is 1. The van der Waals surface area contributed by atoms with Gasteiger partial charge in [-0.1, -0.05) is 18.2 Å². The summed E-state index contributed by atoms with van der Waals surface area (Å²) in [6, 6.07) is 11.5. The molecule has 3 heteroatoms. The number of allylic oxidation sites excluding steroid dienone is 2. The van der Waals surface area contributed by atoms with Crippen molar-refractivity contribution in [3.63, 3.8) is 0 Å². The molecule has 73 valence electrons. The number of nitrogens with zero attached hydrogens (tertiary/aromatic N) is 1. The van der Waals surface area contributed by atoms with E-state index in [-0.39, 0.29) is 6.23 Å². The monoisotopic (exact) mass is 197 g/mol. The van der Waals surface area contributed by atoms with Gasteiger partial charge < -0.3 is 10.1 Å². The van der Waals surface area contributed by atoms with Crippen molar-refractivity contribution in [1.82, 2.24) is 5.32 Å². The highest BCUT2D eigenvalue weighted by molar-refractivity contribution is 5.33. The SMILES string of the molecule is N#CC1=[C]NC(Oc2ccccc2)C=C1. The molecule has 0 saturated heterocycles. The number of hydrogen-bond acceptors (Lipinski definition) is 3. The fraction of sp³-hybridized carbons (Fsp3) is 0.0833. The third-order valence-electron chi connectivity index (χ3n) is 1.91. The van der Waals surface area contributed by atoms with E-state index < -0.39 is 0 Å². The molecule has 2 rings (SSSR count). The molecule has 0 aromatic heterocycles. The number of dihydropyridines is 1. The van der Waals surface area contributed by atoms with E-state index in [9.17, 15) is 0 Å². The van der Waals surface area contributed by atoms with Crippen molar-refractivity contribution in [2.45, 2.75) is 6.23 Å². The number of hydrogen-bond donors (Lipinski definition) is 1. The molecule has 0 amide bonds. The first-order chi connectivity index (χ1) is 7.38. The molecule has 1 aromatic rings. The largest absolute Gasteiger partial charge is 0.467 e. The van der Waals surface area contributed by atoms with E-state index in [0.717, 1.165) is 5.75 Å². The van der Waals surface area contributed by atoms with Gasteiger partial charge in [0.15, 0.2) is 6.23 Å². The van der Waals surface area contributed by atoms with Gasteiger partial charge in [0.05, 0.1) is 11.8 Å². The average Bonchev–Trinajstić information content (AvgIpc) is 2.31. The van der Waals surface area contributed by atoms with E-state index >= 15 is 0 Å². The van der Waals surface area contributed by atoms with Gasteiger partial charge in [-0.25, -0.2) is 0 Å². The Morgan fingerprint density at radius 1 is 1.33 bits per heavy atom. The van der Waals surface area contributed by atoms with Crippen LogP contribution >= 0.6 is 0 Å². The van der Waals surface area contributed by atoms with Crippen LogP contribution in [-0.4, -0.2) is 6.23 Å².